The van der Waals surface area contributed by atoms with Crippen LogP contribution in [0.4, 0.5) is 17.1 Å². The molecule has 0 bridgehead atoms. The maximum absolute atomic E-state index is 12.8. The molecule has 4 rings (SSSR count). The molecule has 3 aromatic rings. The molecule has 1 fully saturated rings. The van der Waals surface area contributed by atoms with Crippen LogP contribution in [0.15, 0.2) is 77.3 Å². The molecule has 1 heterocycles. The first-order valence-corrected chi connectivity index (χ1v) is 11.7. The van der Waals surface area contributed by atoms with Crippen molar-refractivity contribution in [2.75, 3.05) is 42.9 Å². The number of carbonyl (C=O) groups is 1. The molecule has 1 saturated heterocycles. The van der Waals surface area contributed by atoms with Gasteiger partial charge in [0.15, 0.2) is 0 Å². The van der Waals surface area contributed by atoms with Gasteiger partial charge in [-0.3, -0.25) is 14.9 Å². The molecule has 1 N–H and O–H groups in total. The zero-order valence-corrected chi connectivity index (χ0v) is 19.7. The summed E-state index contributed by atoms with van der Waals surface area (Å²) >= 11 is 3.39. The number of nitro benzene ring substituents is 1. The van der Waals surface area contributed by atoms with Gasteiger partial charge in [0.1, 0.15) is 5.69 Å². The quantitative estimate of drug-likeness (QED) is 0.359. The third kappa shape index (κ3) is 5.70. The first kappa shape index (κ1) is 22.8. The number of nitro groups is 1. The minimum atomic E-state index is -0.358. The summed E-state index contributed by atoms with van der Waals surface area (Å²) in [4.78, 5) is 27.9. The number of anilines is 2. The van der Waals surface area contributed by atoms with Crippen molar-refractivity contribution in [1.29, 1.82) is 0 Å². The van der Waals surface area contributed by atoms with E-state index in [-0.39, 0.29) is 16.5 Å². The zero-order chi connectivity index (χ0) is 23.2. The van der Waals surface area contributed by atoms with Crippen LogP contribution in [0.5, 0.6) is 0 Å². The second-order valence-electron chi connectivity index (χ2n) is 7.91. The summed E-state index contributed by atoms with van der Waals surface area (Å²) in [7, 11) is 0. The Kier molecular flexibility index (Phi) is 7.24. The number of halogens is 1. The highest BCUT2D eigenvalue weighted by Crippen LogP contribution is 2.30. The van der Waals surface area contributed by atoms with E-state index in [4.69, 9.17) is 0 Å². The third-order valence-corrected chi connectivity index (χ3v) is 6.30. The van der Waals surface area contributed by atoms with Crippen LogP contribution >= 0.6 is 15.9 Å². The van der Waals surface area contributed by atoms with Gasteiger partial charge in [-0.05, 0) is 48.4 Å². The van der Waals surface area contributed by atoms with Gasteiger partial charge in [0.25, 0.3) is 11.6 Å². The van der Waals surface area contributed by atoms with Crippen molar-refractivity contribution in [1.82, 2.24) is 4.90 Å². The average Bonchev–Trinajstić information content (AvgIpc) is 2.85. The molecule has 0 aromatic heterocycles. The van der Waals surface area contributed by atoms with Crippen molar-refractivity contribution < 1.29 is 9.72 Å². The summed E-state index contributed by atoms with van der Waals surface area (Å²) in [6.07, 6.45) is 0.777. The average molecular weight is 509 g/mol. The first-order chi connectivity index (χ1) is 16.0. The molecule has 3 aromatic carbocycles. The van der Waals surface area contributed by atoms with Gasteiger partial charge in [-0.2, -0.15) is 0 Å². The van der Waals surface area contributed by atoms with Gasteiger partial charge in [0, 0.05) is 54.5 Å². The van der Waals surface area contributed by atoms with E-state index in [1.807, 2.05) is 65.6 Å². The van der Waals surface area contributed by atoms with Gasteiger partial charge < -0.3 is 15.1 Å². The van der Waals surface area contributed by atoms with Crippen LogP contribution in [0.2, 0.25) is 0 Å². The van der Waals surface area contributed by atoms with E-state index in [1.54, 1.807) is 12.1 Å². The van der Waals surface area contributed by atoms with Crippen LogP contribution in [0.3, 0.4) is 0 Å². The largest absolute Gasteiger partial charge is 0.379 e. The lowest BCUT2D eigenvalue weighted by molar-refractivity contribution is -0.383. The van der Waals surface area contributed by atoms with E-state index >= 15 is 0 Å². The van der Waals surface area contributed by atoms with Gasteiger partial charge in [-0.25, -0.2) is 0 Å². The maximum atomic E-state index is 12.8. The fraction of sp³-hybridized carbons (Fsp3) is 0.240. The van der Waals surface area contributed by atoms with Gasteiger partial charge in [0.05, 0.1) is 4.92 Å². The molecule has 1 aliphatic rings. The topological polar surface area (TPSA) is 78.7 Å². The Morgan fingerprint density at radius 1 is 0.970 bits per heavy atom. The third-order valence-electron chi connectivity index (χ3n) is 5.77. The number of hydrogen-bond acceptors (Lipinski definition) is 5. The molecule has 0 radical (unpaired) electrons. The number of rotatable bonds is 7. The van der Waals surface area contributed by atoms with Crippen LogP contribution in [0, 0.1) is 10.1 Å². The van der Waals surface area contributed by atoms with E-state index in [1.165, 1.54) is 5.56 Å². The Morgan fingerprint density at radius 3 is 2.33 bits per heavy atom. The Morgan fingerprint density at radius 2 is 1.67 bits per heavy atom. The minimum Gasteiger partial charge on any atom is -0.379 e. The zero-order valence-electron chi connectivity index (χ0n) is 18.1. The van der Waals surface area contributed by atoms with E-state index in [0.29, 0.717) is 44.0 Å². The summed E-state index contributed by atoms with van der Waals surface area (Å²) in [6.45, 7) is 3.14. The van der Waals surface area contributed by atoms with Crippen molar-refractivity contribution in [3.63, 3.8) is 0 Å². The normalized spacial score (nSPS) is 13.6. The molecule has 1 aliphatic heterocycles. The second-order valence-corrected chi connectivity index (χ2v) is 8.82. The van der Waals surface area contributed by atoms with E-state index in [9.17, 15) is 14.9 Å². The lowest BCUT2D eigenvalue weighted by Crippen LogP contribution is -2.48. The number of carbonyl (C=O) groups excluding carboxylic acids is 1. The van der Waals surface area contributed by atoms with Crippen LogP contribution in [-0.4, -0.2) is 48.5 Å². The summed E-state index contributed by atoms with van der Waals surface area (Å²) in [5, 5.41) is 14.8. The molecule has 33 heavy (non-hydrogen) atoms. The maximum Gasteiger partial charge on any atom is 0.292 e. The van der Waals surface area contributed by atoms with Crippen molar-refractivity contribution in [2.45, 2.75) is 6.42 Å². The second kappa shape index (κ2) is 10.5. The van der Waals surface area contributed by atoms with Gasteiger partial charge in [-0.1, -0.05) is 46.3 Å². The molecule has 1 amide bonds. The predicted octanol–water partition coefficient (Wildman–Crippen LogP) is 4.97. The lowest BCUT2D eigenvalue weighted by Gasteiger charge is -2.36. The number of benzene rings is 3. The number of piperazine rings is 1. The molecule has 0 unspecified atom stereocenters. The number of amides is 1. The minimum absolute atomic E-state index is 0.0223. The van der Waals surface area contributed by atoms with Crippen LogP contribution < -0.4 is 10.2 Å². The van der Waals surface area contributed by atoms with Crippen molar-refractivity contribution in [2.24, 2.45) is 0 Å². The molecule has 0 saturated carbocycles. The SMILES string of the molecule is O=C(c1ccc(Br)cc1)N1CCN(c2ccc([N+](=O)[O-])c(NCCc3ccccc3)c2)CC1. The molecule has 0 aliphatic carbocycles. The molecular formula is C25H25BrN4O3. The molecule has 0 atom stereocenters. The molecule has 8 heteroatoms. The first-order valence-electron chi connectivity index (χ1n) is 10.9. The fourth-order valence-electron chi connectivity index (χ4n) is 3.95. The van der Waals surface area contributed by atoms with Crippen molar-refractivity contribution in [3.05, 3.63) is 98.5 Å². The lowest BCUT2D eigenvalue weighted by atomic mass is 10.1. The van der Waals surface area contributed by atoms with Crippen molar-refractivity contribution in [3.8, 4) is 0 Å². The summed E-state index contributed by atoms with van der Waals surface area (Å²) in [5.74, 6) is 0.0223. The Bertz CT molecular complexity index is 1110. The summed E-state index contributed by atoms with van der Waals surface area (Å²) in [5.41, 5.74) is 3.35. The Labute approximate surface area is 201 Å². The molecule has 0 spiro atoms. The Hall–Kier alpha value is -3.39. The monoisotopic (exact) mass is 508 g/mol. The molecular weight excluding hydrogens is 484 g/mol. The molecule has 7 nitrogen and oxygen atoms in total. The number of hydrogen-bond donors (Lipinski definition) is 1. The standard InChI is InChI=1S/C25H25BrN4O3/c26-21-8-6-20(7-9-21)25(31)29-16-14-28(15-17-29)22-10-11-24(30(32)33)23(18-22)27-13-12-19-4-2-1-3-5-19/h1-11,18,27H,12-17H2. The van der Waals surface area contributed by atoms with Crippen molar-refractivity contribution >= 4 is 38.9 Å². The molecule has 170 valence electrons. The van der Waals surface area contributed by atoms with Gasteiger partial charge in [0.2, 0.25) is 0 Å². The smallest absolute Gasteiger partial charge is 0.292 e. The summed E-state index contributed by atoms with van der Waals surface area (Å²) in [6, 6.07) is 22.6. The highest BCUT2D eigenvalue weighted by atomic mass is 79.9. The number of nitrogens with zero attached hydrogens (tertiary/aromatic N) is 3. The van der Waals surface area contributed by atoms with Gasteiger partial charge in [-0.15, -0.1) is 0 Å². The van der Waals surface area contributed by atoms with Crippen LogP contribution in [-0.2, 0) is 6.42 Å². The van der Waals surface area contributed by atoms with E-state index < -0.39 is 0 Å². The number of nitrogens with one attached hydrogen (secondary N) is 1. The Balaban J connectivity index is 1.40. The highest BCUT2D eigenvalue weighted by Gasteiger charge is 2.24. The predicted molar refractivity (Wildman–Crippen MR) is 134 cm³/mol. The highest BCUT2D eigenvalue weighted by molar-refractivity contribution is 9.10. The van der Waals surface area contributed by atoms with Crippen LogP contribution in [0.1, 0.15) is 15.9 Å². The van der Waals surface area contributed by atoms with E-state index in [2.05, 4.69) is 26.1 Å². The summed E-state index contributed by atoms with van der Waals surface area (Å²) < 4.78 is 0.940. The van der Waals surface area contributed by atoms with E-state index in [0.717, 1.165) is 16.6 Å². The fourth-order valence-corrected chi connectivity index (χ4v) is 4.21. The van der Waals surface area contributed by atoms with Crippen LogP contribution in [0.25, 0.3) is 0 Å². The van der Waals surface area contributed by atoms with Gasteiger partial charge >= 0.3 is 0 Å².